The molecular formula is C34H49N5O8. The number of azide groups is 1. The predicted octanol–water partition coefficient (Wildman–Crippen LogP) is 4.30. The lowest BCUT2D eigenvalue weighted by atomic mass is 9.87. The minimum atomic E-state index is -0.637. The molecule has 4 heterocycles. The molecule has 2 amide bonds. The molecule has 2 N–H and O–H groups in total. The zero-order chi connectivity index (χ0) is 33.6. The van der Waals surface area contributed by atoms with Crippen LogP contribution in [-0.2, 0) is 28.5 Å². The standard InChI is InChI=1S/C34H49N5O8/c1-22(5-11-29-30(41)34(21-44-34)20-33(47-29)13-14-33)4-9-28-10-7-25(24(3)46-28)18-27(40)8-6-23(2)45-32(43)39-17-12-26(19-39)31(42)36-15-16-37-38-35/h4-6,8,11,23-26,28-30,41H,7,9-10,12-21H2,1-3H3,(H,36,42)/b8-6-,11-5+,22-4+/t23-,24+,25-,26+,28-,29?,30+,34+/m0/s1. The first-order chi connectivity index (χ1) is 22.5. The van der Waals surface area contributed by atoms with Crippen molar-refractivity contribution in [2.45, 2.75) is 114 Å². The number of epoxide rings is 1. The van der Waals surface area contributed by atoms with E-state index in [2.05, 4.69) is 21.4 Å². The van der Waals surface area contributed by atoms with Gasteiger partial charge in [-0.1, -0.05) is 28.9 Å². The lowest BCUT2D eigenvalue weighted by molar-refractivity contribution is -0.144. The van der Waals surface area contributed by atoms with Crippen LogP contribution in [0.2, 0.25) is 0 Å². The summed E-state index contributed by atoms with van der Waals surface area (Å²) in [6.07, 6.45) is 13.4. The van der Waals surface area contributed by atoms with Gasteiger partial charge in [0.1, 0.15) is 23.9 Å². The SMILES string of the molecule is CC(/C=C/C1OC2(CC2)C[C@@]2(CO2)[C@@H]1O)=C\C[C@H]1CC[C@@H](CC(=O)/C=C\[C@H](C)OC(=O)N2CC[C@@H](C(=O)NCCN=[N+]=[N-])C2)[C@@H](C)O1. The van der Waals surface area contributed by atoms with Gasteiger partial charge in [-0.25, -0.2) is 4.79 Å². The van der Waals surface area contributed by atoms with Crippen molar-refractivity contribution in [1.29, 1.82) is 0 Å². The first-order valence-corrected chi connectivity index (χ1v) is 17.0. The van der Waals surface area contributed by atoms with E-state index >= 15 is 0 Å². The number of amides is 2. The highest BCUT2D eigenvalue weighted by atomic mass is 16.6. The van der Waals surface area contributed by atoms with Crippen molar-refractivity contribution in [2.75, 3.05) is 32.8 Å². The van der Waals surface area contributed by atoms with E-state index in [1.807, 2.05) is 26.0 Å². The Hall–Kier alpha value is -3.22. The molecule has 8 atom stereocenters. The molecule has 1 unspecified atom stereocenters. The molecule has 0 aromatic heterocycles. The van der Waals surface area contributed by atoms with Gasteiger partial charge in [-0.3, -0.25) is 9.59 Å². The van der Waals surface area contributed by atoms with E-state index in [9.17, 15) is 19.5 Å². The van der Waals surface area contributed by atoms with Crippen LogP contribution in [0.4, 0.5) is 4.79 Å². The van der Waals surface area contributed by atoms with Gasteiger partial charge in [0.25, 0.3) is 0 Å². The number of aliphatic hydroxyl groups excluding tert-OH is 1. The molecule has 5 rings (SSSR count). The molecule has 0 bridgehead atoms. The van der Waals surface area contributed by atoms with E-state index in [0.717, 1.165) is 44.1 Å². The molecule has 5 fully saturated rings. The van der Waals surface area contributed by atoms with E-state index in [0.29, 0.717) is 26.0 Å². The topological polar surface area (TPSA) is 176 Å². The summed E-state index contributed by atoms with van der Waals surface area (Å²) in [6, 6.07) is 0. The third-order valence-corrected chi connectivity index (χ3v) is 10.1. The zero-order valence-electron chi connectivity index (χ0n) is 27.7. The Bertz CT molecular complexity index is 1300. The van der Waals surface area contributed by atoms with Crippen molar-refractivity contribution >= 4 is 17.8 Å². The number of rotatable bonds is 13. The smallest absolute Gasteiger partial charge is 0.410 e. The number of allylic oxidation sites excluding steroid dienone is 3. The number of hydrogen-bond acceptors (Lipinski definition) is 9. The Morgan fingerprint density at radius 1 is 1.23 bits per heavy atom. The summed E-state index contributed by atoms with van der Waals surface area (Å²) in [4.78, 5) is 41.7. The number of hydrogen-bond donors (Lipinski definition) is 2. The number of ketones is 1. The molecule has 0 radical (unpaired) electrons. The van der Waals surface area contributed by atoms with Crippen LogP contribution >= 0.6 is 0 Å². The Balaban J connectivity index is 0.982. The van der Waals surface area contributed by atoms with Crippen LogP contribution in [0.3, 0.4) is 0 Å². The Labute approximate surface area is 276 Å². The molecule has 0 aromatic carbocycles. The summed E-state index contributed by atoms with van der Waals surface area (Å²) in [6.45, 7) is 7.46. The number of aliphatic hydroxyl groups is 1. The van der Waals surface area contributed by atoms with Crippen LogP contribution in [0.5, 0.6) is 0 Å². The zero-order valence-corrected chi connectivity index (χ0v) is 27.7. The second kappa shape index (κ2) is 15.3. The van der Waals surface area contributed by atoms with Crippen molar-refractivity contribution in [1.82, 2.24) is 10.2 Å². The minimum absolute atomic E-state index is 0.0372. The lowest BCUT2D eigenvalue weighted by Crippen LogP contribution is -2.50. The maximum Gasteiger partial charge on any atom is 0.410 e. The molecule has 5 aliphatic rings. The van der Waals surface area contributed by atoms with Crippen LogP contribution in [0, 0.1) is 11.8 Å². The van der Waals surface area contributed by atoms with E-state index in [1.54, 1.807) is 13.0 Å². The van der Waals surface area contributed by atoms with Gasteiger partial charge in [-0.2, -0.15) is 0 Å². The van der Waals surface area contributed by atoms with Crippen LogP contribution in [-0.4, -0.2) is 102 Å². The summed E-state index contributed by atoms with van der Waals surface area (Å²) >= 11 is 0. The highest BCUT2D eigenvalue weighted by Crippen LogP contribution is 2.56. The first kappa shape index (κ1) is 35.1. The second-order valence-corrected chi connectivity index (χ2v) is 13.9. The summed E-state index contributed by atoms with van der Waals surface area (Å²) in [5, 5.41) is 16.9. The fourth-order valence-corrected chi connectivity index (χ4v) is 6.88. The van der Waals surface area contributed by atoms with Crippen LogP contribution in [0.1, 0.15) is 72.1 Å². The number of ether oxygens (including phenoxy) is 4. The van der Waals surface area contributed by atoms with Crippen LogP contribution in [0.15, 0.2) is 41.1 Å². The molecule has 4 saturated heterocycles. The number of likely N-dealkylation sites (tertiary alicyclic amines) is 1. The average molecular weight is 656 g/mol. The molecular weight excluding hydrogens is 606 g/mol. The normalized spacial score (nSPS) is 33.6. The summed E-state index contributed by atoms with van der Waals surface area (Å²) in [5.41, 5.74) is 8.88. The minimum Gasteiger partial charge on any atom is -0.442 e. The highest BCUT2D eigenvalue weighted by molar-refractivity contribution is 5.90. The first-order valence-electron chi connectivity index (χ1n) is 17.0. The maximum atomic E-state index is 12.7. The monoisotopic (exact) mass is 655 g/mol. The van der Waals surface area contributed by atoms with Crippen molar-refractivity contribution in [2.24, 2.45) is 17.0 Å². The van der Waals surface area contributed by atoms with E-state index < -0.39 is 23.9 Å². The van der Waals surface area contributed by atoms with Gasteiger partial charge in [0.15, 0.2) is 5.78 Å². The average Bonchev–Trinajstić information content (AvgIpc) is 3.94. The van der Waals surface area contributed by atoms with Gasteiger partial charge >= 0.3 is 6.09 Å². The fourth-order valence-electron chi connectivity index (χ4n) is 6.88. The number of nitrogens with one attached hydrogen (secondary N) is 1. The van der Waals surface area contributed by atoms with Crippen molar-refractivity contribution < 1.29 is 38.4 Å². The van der Waals surface area contributed by atoms with Gasteiger partial charge in [0, 0.05) is 43.9 Å². The van der Waals surface area contributed by atoms with Crippen LogP contribution < -0.4 is 5.32 Å². The number of nitrogens with zero attached hydrogens (tertiary/aromatic N) is 4. The predicted molar refractivity (Wildman–Crippen MR) is 172 cm³/mol. The van der Waals surface area contributed by atoms with E-state index in [1.165, 1.54) is 11.0 Å². The Morgan fingerprint density at radius 2 is 2.02 bits per heavy atom. The third-order valence-electron chi connectivity index (χ3n) is 10.1. The lowest BCUT2D eigenvalue weighted by Gasteiger charge is -2.37. The maximum absolute atomic E-state index is 12.7. The van der Waals surface area contributed by atoms with E-state index in [4.69, 9.17) is 24.5 Å². The van der Waals surface area contributed by atoms with Crippen LogP contribution in [0.25, 0.3) is 10.4 Å². The number of carbonyl (C=O) groups is 3. The highest BCUT2D eigenvalue weighted by Gasteiger charge is 2.66. The molecule has 1 saturated carbocycles. The molecule has 1 aliphatic carbocycles. The van der Waals surface area contributed by atoms with Gasteiger partial charge in [0.05, 0.1) is 30.3 Å². The summed E-state index contributed by atoms with van der Waals surface area (Å²) in [5.74, 6) is -0.445. The Morgan fingerprint density at radius 3 is 2.72 bits per heavy atom. The molecule has 258 valence electrons. The molecule has 4 aliphatic heterocycles. The van der Waals surface area contributed by atoms with Gasteiger partial charge in [0.2, 0.25) is 5.91 Å². The Kier molecular flexibility index (Phi) is 11.5. The van der Waals surface area contributed by atoms with Gasteiger partial charge in [-0.15, -0.1) is 0 Å². The van der Waals surface area contributed by atoms with Crippen molar-refractivity contribution in [3.8, 4) is 0 Å². The third kappa shape index (κ3) is 9.45. The van der Waals surface area contributed by atoms with E-state index in [-0.39, 0.29) is 67.1 Å². The molecule has 2 spiro atoms. The second-order valence-electron chi connectivity index (χ2n) is 13.9. The quantitative estimate of drug-likeness (QED) is 0.0561. The number of carbonyl (C=O) groups excluding carboxylic acids is 3. The molecule has 0 aromatic rings. The summed E-state index contributed by atoms with van der Waals surface area (Å²) < 4.78 is 23.6. The molecule has 13 heteroatoms. The summed E-state index contributed by atoms with van der Waals surface area (Å²) in [7, 11) is 0. The molecule has 47 heavy (non-hydrogen) atoms. The van der Waals surface area contributed by atoms with Gasteiger partial charge < -0.3 is 34.3 Å². The fraction of sp³-hybridized carbons (Fsp3) is 0.735. The van der Waals surface area contributed by atoms with Crippen molar-refractivity contribution in [3.05, 3.63) is 46.4 Å². The van der Waals surface area contributed by atoms with Crippen molar-refractivity contribution in [3.63, 3.8) is 0 Å². The largest absolute Gasteiger partial charge is 0.442 e. The molecule has 13 nitrogen and oxygen atoms in total. The van der Waals surface area contributed by atoms with Gasteiger partial charge in [-0.05, 0) is 82.9 Å².